The van der Waals surface area contributed by atoms with Gasteiger partial charge in [0, 0.05) is 10.0 Å². The van der Waals surface area contributed by atoms with Gasteiger partial charge in [-0.2, -0.15) is 5.10 Å². The molecule has 2 amide bonds. The number of ether oxygens (including phenoxy) is 1. The van der Waals surface area contributed by atoms with E-state index in [-0.39, 0.29) is 18.1 Å². The fourth-order valence-electron chi connectivity index (χ4n) is 2.31. The molecule has 0 spiro atoms. The van der Waals surface area contributed by atoms with Crippen molar-refractivity contribution < 1.29 is 23.5 Å². The molecule has 0 fully saturated rings. The molecule has 0 aliphatic carbocycles. The fourth-order valence-corrected chi connectivity index (χ4v) is 2.69. The SMILES string of the molecule is O=C(CNC(=O)c1ccco1)N/N=C/c1cc(Br)ccc1OC(=O)c1ccccc1. The Morgan fingerprint density at radius 2 is 1.87 bits per heavy atom. The molecule has 1 heterocycles. The van der Waals surface area contributed by atoms with Gasteiger partial charge in [0.1, 0.15) is 5.75 Å². The number of nitrogens with zero attached hydrogens (tertiary/aromatic N) is 1. The number of nitrogens with one attached hydrogen (secondary N) is 2. The molecular formula is C21H16BrN3O5. The van der Waals surface area contributed by atoms with Crippen LogP contribution in [0.5, 0.6) is 5.75 Å². The fraction of sp³-hybridized carbons (Fsp3) is 0.0476. The lowest BCUT2D eigenvalue weighted by Gasteiger charge is -2.08. The molecule has 3 rings (SSSR count). The monoisotopic (exact) mass is 469 g/mol. The third-order valence-corrected chi connectivity index (χ3v) is 4.22. The van der Waals surface area contributed by atoms with Crippen LogP contribution in [0.3, 0.4) is 0 Å². The molecule has 152 valence electrons. The third kappa shape index (κ3) is 5.89. The number of halogens is 1. The van der Waals surface area contributed by atoms with Gasteiger partial charge in [-0.15, -0.1) is 0 Å². The Balaban J connectivity index is 1.59. The Hall–Kier alpha value is -3.72. The van der Waals surface area contributed by atoms with Gasteiger partial charge in [-0.25, -0.2) is 10.2 Å². The number of benzene rings is 2. The van der Waals surface area contributed by atoms with Crippen LogP contribution < -0.4 is 15.5 Å². The van der Waals surface area contributed by atoms with Gasteiger partial charge in [-0.05, 0) is 42.5 Å². The van der Waals surface area contributed by atoms with E-state index in [1.165, 1.54) is 18.5 Å². The molecule has 30 heavy (non-hydrogen) atoms. The van der Waals surface area contributed by atoms with Crippen LogP contribution in [0.15, 0.2) is 80.9 Å². The molecule has 9 heteroatoms. The topological polar surface area (TPSA) is 110 Å². The number of rotatable bonds is 7. The molecule has 1 aromatic heterocycles. The molecule has 0 aliphatic rings. The zero-order chi connectivity index (χ0) is 21.3. The van der Waals surface area contributed by atoms with Crippen LogP contribution in [0.1, 0.15) is 26.5 Å². The number of hydrogen-bond acceptors (Lipinski definition) is 6. The van der Waals surface area contributed by atoms with Crippen LogP contribution in [-0.2, 0) is 4.79 Å². The Kier molecular flexibility index (Phi) is 7.12. The second-order valence-corrected chi connectivity index (χ2v) is 6.81. The standard InChI is InChI=1S/C21H16BrN3O5/c22-16-8-9-17(30-21(28)14-5-2-1-3-6-14)15(11-16)12-24-25-19(26)13-23-20(27)18-7-4-10-29-18/h1-12H,13H2,(H,23,27)(H,25,26)/b24-12+. The van der Waals surface area contributed by atoms with Crippen molar-refractivity contribution in [2.75, 3.05) is 6.54 Å². The largest absolute Gasteiger partial charge is 0.459 e. The number of carbonyl (C=O) groups excluding carboxylic acids is 3. The maximum Gasteiger partial charge on any atom is 0.343 e. The summed E-state index contributed by atoms with van der Waals surface area (Å²) in [7, 11) is 0. The highest BCUT2D eigenvalue weighted by molar-refractivity contribution is 9.10. The van der Waals surface area contributed by atoms with E-state index in [4.69, 9.17) is 9.15 Å². The maximum absolute atomic E-state index is 12.3. The Morgan fingerprint density at radius 1 is 1.07 bits per heavy atom. The van der Waals surface area contributed by atoms with Gasteiger partial charge < -0.3 is 14.5 Å². The summed E-state index contributed by atoms with van der Waals surface area (Å²) in [5, 5.41) is 6.26. The Bertz CT molecular complexity index is 1070. The van der Waals surface area contributed by atoms with Crippen molar-refractivity contribution in [3.8, 4) is 5.75 Å². The van der Waals surface area contributed by atoms with Crippen LogP contribution >= 0.6 is 15.9 Å². The average molecular weight is 470 g/mol. The van der Waals surface area contributed by atoms with E-state index < -0.39 is 17.8 Å². The number of esters is 1. The second kappa shape index (κ2) is 10.2. The zero-order valence-corrected chi connectivity index (χ0v) is 17.1. The summed E-state index contributed by atoms with van der Waals surface area (Å²) in [5.41, 5.74) is 3.17. The molecule has 0 saturated carbocycles. The number of amides is 2. The molecule has 0 bridgehead atoms. The molecule has 0 unspecified atom stereocenters. The molecule has 8 nitrogen and oxygen atoms in total. The van der Waals surface area contributed by atoms with E-state index in [2.05, 4.69) is 31.8 Å². The van der Waals surface area contributed by atoms with Crippen molar-refractivity contribution in [1.82, 2.24) is 10.7 Å². The highest BCUT2D eigenvalue weighted by Gasteiger charge is 2.12. The van der Waals surface area contributed by atoms with E-state index in [9.17, 15) is 14.4 Å². The molecular weight excluding hydrogens is 454 g/mol. The summed E-state index contributed by atoms with van der Waals surface area (Å²) in [6.07, 6.45) is 2.70. The van der Waals surface area contributed by atoms with Crippen molar-refractivity contribution >= 4 is 39.9 Å². The summed E-state index contributed by atoms with van der Waals surface area (Å²) in [5.74, 6) is -1.19. The summed E-state index contributed by atoms with van der Waals surface area (Å²) in [6.45, 7) is -0.287. The molecule has 2 N–H and O–H groups in total. The van der Waals surface area contributed by atoms with E-state index in [0.717, 1.165) is 4.47 Å². The Labute approximate surface area is 180 Å². The molecule has 0 saturated heterocycles. The zero-order valence-electron chi connectivity index (χ0n) is 15.5. The number of furan rings is 1. The third-order valence-electron chi connectivity index (χ3n) is 3.73. The molecule has 0 aliphatic heterocycles. The minimum atomic E-state index is -0.538. The molecule has 0 atom stereocenters. The van der Waals surface area contributed by atoms with Crippen LogP contribution in [0.2, 0.25) is 0 Å². The van der Waals surface area contributed by atoms with Crippen molar-refractivity contribution in [2.45, 2.75) is 0 Å². The van der Waals surface area contributed by atoms with E-state index in [1.807, 2.05) is 0 Å². The lowest BCUT2D eigenvalue weighted by atomic mass is 10.2. The van der Waals surface area contributed by atoms with Gasteiger partial charge >= 0.3 is 5.97 Å². The van der Waals surface area contributed by atoms with E-state index in [1.54, 1.807) is 54.6 Å². The molecule has 3 aromatic rings. The van der Waals surface area contributed by atoms with Gasteiger partial charge in [0.2, 0.25) is 0 Å². The van der Waals surface area contributed by atoms with Crippen molar-refractivity contribution in [2.24, 2.45) is 5.10 Å². The first-order valence-corrected chi connectivity index (χ1v) is 9.52. The minimum absolute atomic E-state index is 0.102. The summed E-state index contributed by atoms with van der Waals surface area (Å²) >= 11 is 3.34. The van der Waals surface area contributed by atoms with Crippen LogP contribution in [-0.4, -0.2) is 30.5 Å². The van der Waals surface area contributed by atoms with Gasteiger partial charge in [-0.1, -0.05) is 34.1 Å². The number of hydrazone groups is 1. The highest BCUT2D eigenvalue weighted by atomic mass is 79.9. The highest BCUT2D eigenvalue weighted by Crippen LogP contribution is 2.22. The predicted molar refractivity (Wildman–Crippen MR) is 112 cm³/mol. The first-order valence-electron chi connectivity index (χ1n) is 8.73. The van der Waals surface area contributed by atoms with Crippen molar-refractivity contribution in [3.05, 3.63) is 88.3 Å². The average Bonchev–Trinajstić information content (AvgIpc) is 3.29. The van der Waals surface area contributed by atoms with Gasteiger partial charge in [0.05, 0.1) is 24.6 Å². The van der Waals surface area contributed by atoms with Crippen molar-refractivity contribution in [1.29, 1.82) is 0 Å². The lowest BCUT2D eigenvalue weighted by Crippen LogP contribution is -2.34. The molecule has 0 radical (unpaired) electrons. The maximum atomic E-state index is 12.3. The summed E-state index contributed by atoms with van der Waals surface area (Å²) < 4.78 is 11.1. The van der Waals surface area contributed by atoms with E-state index in [0.29, 0.717) is 11.1 Å². The minimum Gasteiger partial charge on any atom is -0.459 e. The van der Waals surface area contributed by atoms with Crippen molar-refractivity contribution in [3.63, 3.8) is 0 Å². The Morgan fingerprint density at radius 3 is 2.60 bits per heavy atom. The first kappa shape index (κ1) is 21.0. The lowest BCUT2D eigenvalue weighted by molar-refractivity contribution is -0.120. The predicted octanol–water partition coefficient (Wildman–Crippen LogP) is 3.14. The number of carbonyl (C=O) groups is 3. The van der Waals surface area contributed by atoms with Gasteiger partial charge in [0.15, 0.2) is 5.76 Å². The normalized spacial score (nSPS) is 10.6. The van der Waals surface area contributed by atoms with Crippen LogP contribution in [0.25, 0.3) is 0 Å². The van der Waals surface area contributed by atoms with E-state index >= 15 is 0 Å². The number of hydrogen-bond donors (Lipinski definition) is 2. The summed E-state index contributed by atoms with van der Waals surface area (Å²) in [6, 6.07) is 16.6. The quantitative estimate of drug-likeness (QED) is 0.239. The van der Waals surface area contributed by atoms with Crippen LogP contribution in [0.4, 0.5) is 0 Å². The summed E-state index contributed by atoms with van der Waals surface area (Å²) in [4.78, 5) is 35.9. The van der Waals surface area contributed by atoms with Gasteiger partial charge in [-0.3, -0.25) is 9.59 Å². The second-order valence-electron chi connectivity index (χ2n) is 5.89. The van der Waals surface area contributed by atoms with Gasteiger partial charge in [0.25, 0.3) is 11.8 Å². The van der Waals surface area contributed by atoms with Crippen LogP contribution in [0, 0.1) is 0 Å². The smallest absolute Gasteiger partial charge is 0.343 e. The first-order chi connectivity index (χ1) is 14.5. The molecule has 2 aromatic carbocycles.